The Kier molecular flexibility index (Phi) is 9.01. The average molecular weight is 278 g/mol. The number of nitrogens with zero attached hydrogens (tertiary/aromatic N) is 1. The number of unbranched alkanes of at least 4 members (excludes halogenated alkanes) is 2. The van der Waals surface area contributed by atoms with E-state index in [0.29, 0.717) is 19.5 Å². The summed E-state index contributed by atoms with van der Waals surface area (Å²) in [6.07, 6.45) is 3.43. The number of hydrogen-bond acceptors (Lipinski definition) is 4. The lowest BCUT2D eigenvalue weighted by atomic mass is 10.3. The van der Waals surface area contributed by atoms with Crippen LogP contribution in [0, 0.1) is 0 Å². The number of amides is 1. The minimum absolute atomic E-state index is 0.0392. The summed E-state index contributed by atoms with van der Waals surface area (Å²) in [5.74, 6) is 0.0332. The molecular weight excluding hydrogens is 252 g/mol. The molecule has 0 aromatic rings. The highest BCUT2D eigenvalue weighted by Crippen LogP contribution is 2.03. The molecule has 18 heavy (non-hydrogen) atoms. The molecule has 6 heteroatoms. The average Bonchev–Trinajstić information content (AvgIpc) is 2.33. The lowest BCUT2D eigenvalue weighted by Gasteiger charge is -2.16. The molecule has 0 aromatic heterocycles. The van der Waals surface area contributed by atoms with Gasteiger partial charge in [0.05, 0.1) is 11.5 Å². The summed E-state index contributed by atoms with van der Waals surface area (Å²) in [5.41, 5.74) is 5.35. The molecule has 0 aliphatic carbocycles. The van der Waals surface area contributed by atoms with Crippen LogP contribution in [0.2, 0.25) is 0 Å². The summed E-state index contributed by atoms with van der Waals surface area (Å²) in [6.45, 7) is 3.15. The summed E-state index contributed by atoms with van der Waals surface area (Å²) in [5, 5.41) is 0. The van der Waals surface area contributed by atoms with Crippen LogP contribution in [0.25, 0.3) is 0 Å². The normalized spacial score (nSPS) is 11.5. The topological polar surface area (TPSA) is 80.5 Å². The Bertz CT molecular complexity index is 328. The molecule has 0 atom stereocenters. The third-order valence-electron chi connectivity index (χ3n) is 2.81. The van der Waals surface area contributed by atoms with E-state index in [0.717, 1.165) is 19.3 Å². The molecule has 0 radical (unpaired) electrons. The van der Waals surface area contributed by atoms with E-state index in [1.54, 1.807) is 11.9 Å². The first-order chi connectivity index (χ1) is 8.43. The van der Waals surface area contributed by atoms with E-state index in [-0.39, 0.29) is 23.8 Å². The summed E-state index contributed by atoms with van der Waals surface area (Å²) in [6, 6.07) is 0. The molecule has 0 aliphatic heterocycles. The van der Waals surface area contributed by atoms with Crippen molar-refractivity contribution in [1.82, 2.24) is 4.90 Å². The Morgan fingerprint density at radius 2 is 1.83 bits per heavy atom. The SMILES string of the molecule is CCCCCS(=O)(=O)CCC(=O)N(C)CCCN. The van der Waals surface area contributed by atoms with Crippen LogP contribution >= 0.6 is 0 Å². The number of carbonyl (C=O) groups excluding carboxylic acids is 1. The smallest absolute Gasteiger partial charge is 0.223 e. The summed E-state index contributed by atoms with van der Waals surface area (Å²) >= 11 is 0. The van der Waals surface area contributed by atoms with Gasteiger partial charge in [-0.1, -0.05) is 19.8 Å². The van der Waals surface area contributed by atoms with Gasteiger partial charge in [0.25, 0.3) is 0 Å². The first-order valence-electron chi connectivity index (χ1n) is 6.57. The first-order valence-corrected chi connectivity index (χ1v) is 8.39. The van der Waals surface area contributed by atoms with Crippen LogP contribution < -0.4 is 5.73 Å². The Labute approximate surface area is 111 Å². The van der Waals surface area contributed by atoms with Crippen molar-refractivity contribution in [3.05, 3.63) is 0 Å². The molecule has 0 fully saturated rings. The highest BCUT2D eigenvalue weighted by molar-refractivity contribution is 7.91. The van der Waals surface area contributed by atoms with Gasteiger partial charge in [-0.3, -0.25) is 4.79 Å². The number of sulfone groups is 1. The standard InChI is InChI=1S/C12H26N2O3S/c1-3-4-5-10-18(16,17)11-7-12(15)14(2)9-6-8-13/h3-11,13H2,1-2H3. The van der Waals surface area contributed by atoms with Crippen LogP contribution in [0.4, 0.5) is 0 Å². The van der Waals surface area contributed by atoms with Crippen molar-refractivity contribution in [3.63, 3.8) is 0 Å². The van der Waals surface area contributed by atoms with Gasteiger partial charge in [-0.05, 0) is 19.4 Å². The van der Waals surface area contributed by atoms with Crippen molar-refractivity contribution in [2.24, 2.45) is 5.73 Å². The highest BCUT2D eigenvalue weighted by atomic mass is 32.2. The fraction of sp³-hybridized carbons (Fsp3) is 0.917. The predicted molar refractivity (Wildman–Crippen MR) is 74.1 cm³/mol. The minimum Gasteiger partial charge on any atom is -0.346 e. The number of nitrogens with two attached hydrogens (primary N) is 1. The van der Waals surface area contributed by atoms with Gasteiger partial charge in [-0.15, -0.1) is 0 Å². The van der Waals surface area contributed by atoms with E-state index in [4.69, 9.17) is 5.73 Å². The molecule has 108 valence electrons. The van der Waals surface area contributed by atoms with Crippen LogP contribution in [0.1, 0.15) is 39.0 Å². The van der Waals surface area contributed by atoms with Crippen molar-refractivity contribution in [1.29, 1.82) is 0 Å². The molecule has 5 nitrogen and oxygen atoms in total. The molecule has 0 saturated heterocycles. The van der Waals surface area contributed by atoms with Crippen LogP contribution in [-0.4, -0.2) is 50.9 Å². The van der Waals surface area contributed by atoms with Crippen LogP contribution in [0.15, 0.2) is 0 Å². The molecule has 0 spiro atoms. The molecule has 0 saturated carbocycles. The van der Waals surface area contributed by atoms with Crippen molar-refractivity contribution >= 4 is 15.7 Å². The van der Waals surface area contributed by atoms with Gasteiger partial charge < -0.3 is 10.6 Å². The van der Waals surface area contributed by atoms with Gasteiger partial charge in [0, 0.05) is 20.0 Å². The molecule has 1 amide bonds. The quantitative estimate of drug-likeness (QED) is 0.599. The van der Waals surface area contributed by atoms with Gasteiger partial charge >= 0.3 is 0 Å². The second-order valence-electron chi connectivity index (χ2n) is 4.57. The van der Waals surface area contributed by atoms with Gasteiger partial charge in [-0.25, -0.2) is 8.42 Å². The second-order valence-corrected chi connectivity index (χ2v) is 6.87. The third kappa shape index (κ3) is 8.47. The molecule has 0 unspecified atom stereocenters. The zero-order valence-electron chi connectivity index (χ0n) is 11.5. The van der Waals surface area contributed by atoms with Crippen molar-refractivity contribution in [2.45, 2.75) is 39.0 Å². The Balaban J connectivity index is 3.95. The highest BCUT2D eigenvalue weighted by Gasteiger charge is 2.15. The molecular formula is C12H26N2O3S. The third-order valence-corrected chi connectivity index (χ3v) is 4.55. The lowest BCUT2D eigenvalue weighted by molar-refractivity contribution is -0.129. The number of hydrogen-bond donors (Lipinski definition) is 1. The maximum atomic E-state index is 11.7. The van der Waals surface area contributed by atoms with E-state index >= 15 is 0 Å². The Morgan fingerprint density at radius 3 is 2.39 bits per heavy atom. The zero-order chi connectivity index (χ0) is 14.0. The first kappa shape index (κ1) is 17.4. The summed E-state index contributed by atoms with van der Waals surface area (Å²) < 4.78 is 23.3. The maximum absolute atomic E-state index is 11.7. The van der Waals surface area contributed by atoms with Crippen molar-refractivity contribution in [2.75, 3.05) is 31.6 Å². The van der Waals surface area contributed by atoms with Gasteiger partial charge in [0.2, 0.25) is 5.91 Å². The molecule has 0 bridgehead atoms. The molecule has 0 heterocycles. The van der Waals surface area contributed by atoms with Crippen LogP contribution in [0.3, 0.4) is 0 Å². The van der Waals surface area contributed by atoms with E-state index in [9.17, 15) is 13.2 Å². The second kappa shape index (κ2) is 9.33. The fourth-order valence-electron chi connectivity index (χ4n) is 1.56. The van der Waals surface area contributed by atoms with E-state index in [1.165, 1.54) is 0 Å². The van der Waals surface area contributed by atoms with Crippen LogP contribution in [-0.2, 0) is 14.6 Å². The van der Waals surface area contributed by atoms with E-state index in [1.807, 2.05) is 6.92 Å². The lowest BCUT2D eigenvalue weighted by Crippen LogP contribution is -2.30. The maximum Gasteiger partial charge on any atom is 0.223 e. The molecule has 0 aromatic carbocycles. The van der Waals surface area contributed by atoms with Crippen molar-refractivity contribution in [3.8, 4) is 0 Å². The van der Waals surface area contributed by atoms with E-state index in [2.05, 4.69) is 0 Å². The Hall–Kier alpha value is -0.620. The van der Waals surface area contributed by atoms with Gasteiger partial charge in [0.15, 0.2) is 9.84 Å². The zero-order valence-corrected chi connectivity index (χ0v) is 12.3. The fourth-order valence-corrected chi connectivity index (χ4v) is 2.89. The van der Waals surface area contributed by atoms with Crippen LogP contribution in [0.5, 0.6) is 0 Å². The van der Waals surface area contributed by atoms with Gasteiger partial charge in [0.1, 0.15) is 0 Å². The van der Waals surface area contributed by atoms with Gasteiger partial charge in [-0.2, -0.15) is 0 Å². The van der Waals surface area contributed by atoms with Crippen molar-refractivity contribution < 1.29 is 13.2 Å². The van der Waals surface area contributed by atoms with E-state index < -0.39 is 9.84 Å². The molecule has 0 rings (SSSR count). The Morgan fingerprint density at radius 1 is 1.17 bits per heavy atom. The predicted octanol–water partition coefficient (Wildman–Crippen LogP) is 0.789. The number of rotatable bonds is 10. The molecule has 0 aliphatic rings. The summed E-state index contributed by atoms with van der Waals surface area (Å²) in [7, 11) is -1.39. The largest absolute Gasteiger partial charge is 0.346 e. The summed E-state index contributed by atoms with van der Waals surface area (Å²) in [4.78, 5) is 13.2. The molecule has 2 N–H and O–H groups in total. The number of carbonyl (C=O) groups is 1. The minimum atomic E-state index is -3.08. The monoisotopic (exact) mass is 278 g/mol.